The zero-order chi connectivity index (χ0) is 19.6. The van der Waals surface area contributed by atoms with Gasteiger partial charge in [-0.2, -0.15) is 8.78 Å². The number of fused-ring (bicyclic) bond motifs is 1. The van der Waals surface area contributed by atoms with Gasteiger partial charge in [0.25, 0.3) is 5.91 Å². The molecule has 0 aliphatic rings. The Bertz CT molecular complexity index is 944. The Morgan fingerprint density at radius 1 is 1.15 bits per heavy atom. The zero-order valence-electron chi connectivity index (χ0n) is 14.7. The van der Waals surface area contributed by atoms with Crippen LogP contribution in [0.2, 0.25) is 0 Å². The summed E-state index contributed by atoms with van der Waals surface area (Å²) in [5, 5.41) is 2.69. The van der Waals surface area contributed by atoms with Crippen LogP contribution in [0.3, 0.4) is 0 Å². The van der Waals surface area contributed by atoms with Crippen LogP contribution in [0.4, 0.5) is 8.78 Å². The standard InChI is InChI=1S/C19H18BrF2N3O2/c1-11(17-24-15-5-3-4-6-16(15)25(17)19(21)22)23-18(26)12(2)27-14-9-7-13(20)8-10-14/h3-12,19H,1-2H3,(H,23,26). The zero-order valence-corrected chi connectivity index (χ0v) is 16.3. The first-order valence-electron chi connectivity index (χ1n) is 8.34. The second-order valence-electron chi connectivity index (χ2n) is 6.05. The molecule has 142 valence electrons. The first-order valence-corrected chi connectivity index (χ1v) is 9.13. The van der Waals surface area contributed by atoms with Crippen LogP contribution in [0.25, 0.3) is 11.0 Å². The molecule has 0 bridgehead atoms. The number of ether oxygens (including phenoxy) is 1. The van der Waals surface area contributed by atoms with Crippen molar-refractivity contribution in [2.45, 2.75) is 32.5 Å². The van der Waals surface area contributed by atoms with Crippen molar-refractivity contribution in [2.24, 2.45) is 0 Å². The maximum Gasteiger partial charge on any atom is 0.320 e. The maximum absolute atomic E-state index is 13.5. The average molecular weight is 438 g/mol. The minimum atomic E-state index is -2.76. The summed E-state index contributed by atoms with van der Waals surface area (Å²) in [6.07, 6.45) is -0.794. The Hall–Kier alpha value is -2.48. The lowest BCUT2D eigenvalue weighted by atomic mass is 10.2. The van der Waals surface area contributed by atoms with Crippen molar-refractivity contribution in [3.8, 4) is 5.75 Å². The molecule has 2 unspecified atom stereocenters. The van der Waals surface area contributed by atoms with E-state index in [0.29, 0.717) is 16.8 Å². The minimum absolute atomic E-state index is 0.0930. The molecule has 1 aromatic heterocycles. The van der Waals surface area contributed by atoms with Crippen molar-refractivity contribution in [1.82, 2.24) is 14.9 Å². The van der Waals surface area contributed by atoms with Crippen molar-refractivity contribution in [1.29, 1.82) is 0 Å². The van der Waals surface area contributed by atoms with E-state index in [1.54, 1.807) is 62.4 Å². The van der Waals surface area contributed by atoms with E-state index in [0.717, 1.165) is 9.04 Å². The van der Waals surface area contributed by atoms with E-state index in [1.165, 1.54) is 0 Å². The van der Waals surface area contributed by atoms with Gasteiger partial charge in [-0.15, -0.1) is 0 Å². The second kappa shape index (κ2) is 8.04. The van der Waals surface area contributed by atoms with E-state index in [9.17, 15) is 13.6 Å². The van der Waals surface area contributed by atoms with E-state index in [4.69, 9.17) is 4.74 Å². The molecule has 2 atom stereocenters. The van der Waals surface area contributed by atoms with Gasteiger partial charge < -0.3 is 10.1 Å². The molecule has 1 N–H and O–H groups in total. The van der Waals surface area contributed by atoms with E-state index in [-0.39, 0.29) is 5.82 Å². The molecule has 0 aliphatic carbocycles. The third kappa shape index (κ3) is 4.27. The average Bonchev–Trinajstić information content (AvgIpc) is 3.03. The Morgan fingerprint density at radius 2 is 1.81 bits per heavy atom. The van der Waals surface area contributed by atoms with Crippen molar-refractivity contribution >= 4 is 32.9 Å². The summed E-state index contributed by atoms with van der Waals surface area (Å²) in [6, 6.07) is 13.0. The number of imidazole rings is 1. The predicted octanol–water partition coefficient (Wildman–Crippen LogP) is 4.84. The summed E-state index contributed by atoms with van der Waals surface area (Å²) >= 11 is 3.33. The lowest BCUT2D eigenvalue weighted by Gasteiger charge is -2.19. The fourth-order valence-corrected chi connectivity index (χ4v) is 3.00. The Morgan fingerprint density at radius 3 is 2.48 bits per heavy atom. The lowest BCUT2D eigenvalue weighted by Crippen LogP contribution is -2.38. The summed E-state index contributed by atoms with van der Waals surface area (Å²) in [4.78, 5) is 16.7. The van der Waals surface area contributed by atoms with Gasteiger partial charge in [-0.05, 0) is 50.2 Å². The van der Waals surface area contributed by atoms with Gasteiger partial charge in [-0.1, -0.05) is 28.1 Å². The van der Waals surface area contributed by atoms with Crippen molar-refractivity contribution in [3.05, 3.63) is 58.8 Å². The molecule has 0 radical (unpaired) electrons. The number of nitrogens with zero attached hydrogens (tertiary/aromatic N) is 2. The molecule has 0 saturated heterocycles. The van der Waals surface area contributed by atoms with E-state index in [1.807, 2.05) is 0 Å². The molecule has 8 heteroatoms. The first kappa shape index (κ1) is 19.3. The minimum Gasteiger partial charge on any atom is -0.481 e. The molecule has 5 nitrogen and oxygen atoms in total. The van der Waals surface area contributed by atoms with Gasteiger partial charge >= 0.3 is 6.55 Å². The van der Waals surface area contributed by atoms with Crippen LogP contribution < -0.4 is 10.1 Å². The molecule has 3 rings (SSSR count). The predicted molar refractivity (Wildman–Crippen MR) is 102 cm³/mol. The molecule has 2 aromatic carbocycles. The number of benzene rings is 2. The number of halogens is 3. The summed E-state index contributed by atoms with van der Waals surface area (Å²) in [6.45, 7) is 0.452. The number of carbonyl (C=O) groups is 1. The fourth-order valence-electron chi connectivity index (χ4n) is 2.74. The van der Waals surface area contributed by atoms with Gasteiger partial charge in [0.05, 0.1) is 17.1 Å². The van der Waals surface area contributed by atoms with Crippen molar-refractivity contribution < 1.29 is 18.3 Å². The third-order valence-electron chi connectivity index (χ3n) is 4.06. The lowest BCUT2D eigenvalue weighted by molar-refractivity contribution is -0.128. The number of para-hydroxylation sites is 2. The molecular weight excluding hydrogens is 420 g/mol. The number of aromatic nitrogens is 2. The SMILES string of the molecule is CC(Oc1ccc(Br)cc1)C(=O)NC(C)c1nc2ccccc2n1C(F)F. The highest BCUT2D eigenvalue weighted by atomic mass is 79.9. The number of hydrogen-bond donors (Lipinski definition) is 1. The van der Waals surface area contributed by atoms with E-state index >= 15 is 0 Å². The molecule has 3 aromatic rings. The van der Waals surface area contributed by atoms with Crippen LogP contribution in [0.5, 0.6) is 5.75 Å². The number of carbonyl (C=O) groups excluding carboxylic acids is 1. The summed E-state index contributed by atoms with van der Waals surface area (Å²) in [5.41, 5.74) is 0.774. The second-order valence-corrected chi connectivity index (χ2v) is 6.97. The highest BCUT2D eigenvalue weighted by Crippen LogP contribution is 2.26. The molecule has 0 aliphatic heterocycles. The number of hydrogen-bond acceptors (Lipinski definition) is 3. The van der Waals surface area contributed by atoms with Crippen LogP contribution in [0.15, 0.2) is 53.0 Å². The number of nitrogens with one attached hydrogen (secondary N) is 1. The largest absolute Gasteiger partial charge is 0.481 e. The quantitative estimate of drug-likeness (QED) is 0.600. The van der Waals surface area contributed by atoms with Gasteiger partial charge in [-0.3, -0.25) is 9.36 Å². The fraction of sp³-hybridized carbons (Fsp3) is 0.263. The topological polar surface area (TPSA) is 56.1 Å². The molecule has 0 saturated carbocycles. The van der Waals surface area contributed by atoms with Crippen molar-refractivity contribution in [2.75, 3.05) is 0 Å². The highest BCUT2D eigenvalue weighted by Gasteiger charge is 2.25. The van der Waals surface area contributed by atoms with Crippen LogP contribution >= 0.6 is 15.9 Å². The van der Waals surface area contributed by atoms with E-state index < -0.39 is 24.6 Å². The molecular formula is C19H18BrF2N3O2. The van der Waals surface area contributed by atoms with Crippen molar-refractivity contribution in [3.63, 3.8) is 0 Å². The normalized spacial score (nSPS) is 13.6. The molecule has 0 fully saturated rings. The van der Waals surface area contributed by atoms with Gasteiger partial charge in [0.1, 0.15) is 11.6 Å². The molecule has 1 heterocycles. The van der Waals surface area contributed by atoms with Gasteiger partial charge in [0.2, 0.25) is 0 Å². The van der Waals surface area contributed by atoms with Crippen LogP contribution in [0, 0.1) is 0 Å². The van der Waals surface area contributed by atoms with Gasteiger partial charge in [-0.25, -0.2) is 4.98 Å². The number of amides is 1. The summed E-state index contributed by atoms with van der Waals surface area (Å²) < 4.78 is 34.4. The van der Waals surface area contributed by atoms with Crippen LogP contribution in [0.1, 0.15) is 32.3 Å². The third-order valence-corrected chi connectivity index (χ3v) is 4.59. The Kier molecular flexibility index (Phi) is 5.74. The number of rotatable bonds is 6. The maximum atomic E-state index is 13.5. The van der Waals surface area contributed by atoms with E-state index in [2.05, 4.69) is 26.2 Å². The van der Waals surface area contributed by atoms with Gasteiger partial charge in [0, 0.05) is 4.47 Å². The monoisotopic (exact) mass is 437 g/mol. The first-order chi connectivity index (χ1) is 12.9. The summed E-state index contributed by atoms with van der Waals surface area (Å²) in [7, 11) is 0. The molecule has 1 amide bonds. The molecule has 27 heavy (non-hydrogen) atoms. The Balaban J connectivity index is 1.75. The Labute approximate surface area is 163 Å². The molecule has 0 spiro atoms. The van der Waals surface area contributed by atoms with Crippen LogP contribution in [-0.4, -0.2) is 21.6 Å². The summed E-state index contributed by atoms with van der Waals surface area (Å²) in [5.74, 6) is 0.210. The van der Waals surface area contributed by atoms with Crippen LogP contribution in [-0.2, 0) is 4.79 Å². The smallest absolute Gasteiger partial charge is 0.320 e. The highest BCUT2D eigenvalue weighted by molar-refractivity contribution is 9.10. The number of alkyl halides is 2. The van der Waals surface area contributed by atoms with Gasteiger partial charge in [0.15, 0.2) is 6.10 Å².